The second-order valence-electron chi connectivity index (χ2n) is 7.18. The number of anilines is 1. The summed E-state index contributed by atoms with van der Waals surface area (Å²) in [6.07, 6.45) is 9.72. The molecule has 0 N–H and O–H groups in total. The number of aromatic nitrogens is 3. The zero-order valence-corrected chi connectivity index (χ0v) is 17.7. The van der Waals surface area contributed by atoms with Crippen LogP contribution in [0.1, 0.15) is 32.1 Å². The van der Waals surface area contributed by atoms with E-state index in [9.17, 15) is 4.79 Å². The quantitative estimate of drug-likeness (QED) is 0.510. The Balaban J connectivity index is 1.71. The van der Waals surface area contributed by atoms with Gasteiger partial charge in [-0.1, -0.05) is 23.2 Å². The SMILES string of the molecule is COC(=O)CCC[C@@H]1CCCN1c1cc(-n2ccnc2)c2ccc(Cl)c(Cl)c2n1. The van der Waals surface area contributed by atoms with Crippen LogP contribution in [0.5, 0.6) is 0 Å². The third-order valence-corrected chi connectivity index (χ3v) is 6.23. The molecule has 2 aromatic heterocycles. The molecule has 1 aliphatic rings. The fourth-order valence-electron chi connectivity index (χ4n) is 3.99. The molecular formula is C21H22Cl2N4O2. The Morgan fingerprint density at radius 1 is 1.34 bits per heavy atom. The van der Waals surface area contributed by atoms with Crippen LogP contribution >= 0.6 is 23.2 Å². The third kappa shape index (κ3) is 4.05. The van der Waals surface area contributed by atoms with E-state index in [1.807, 2.05) is 16.8 Å². The lowest BCUT2D eigenvalue weighted by molar-refractivity contribution is -0.140. The zero-order valence-electron chi connectivity index (χ0n) is 16.1. The van der Waals surface area contributed by atoms with Gasteiger partial charge in [-0.25, -0.2) is 9.97 Å². The highest BCUT2D eigenvalue weighted by Gasteiger charge is 2.27. The van der Waals surface area contributed by atoms with Gasteiger partial charge in [0.15, 0.2) is 0 Å². The Bertz CT molecular complexity index is 1020. The highest BCUT2D eigenvalue weighted by atomic mass is 35.5. The molecule has 0 radical (unpaired) electrons. The molecule has 0 amide bonds. The molecule has 1 aliphatic heterocycles. The van der Waals surface area contributed by atoms with Crippen molar-refractivity contribution in [3.8, 4) is 5.69 Å². The fourth-order valence-corrected chi connectivity index (χ4v) is 4.35. The first-order chi connectivity index (χ1) is 14.1. The molecule has 1 aromatic carbocycles. The average Bonchev–Trinajstić information content (AvgIpc) is 3.42. The number of carbonyl (C=O) groups excluding carboxylic acids is 1. The Kier molecular flexibility index (Phi) is 5.92. The molecule has 3 aromatic rings. The first-order valence-corrected chi connectivity index (χ1v) is 10.4. The van der Waals surface area contributed by atoms with Gasteiger partial charge >= 0.3 is 5.97 Å². The summed E-state index contributed by atoms with van der Waals surface area (Å²) in [6.45, 7) is 0.920. The minimum absolute atomic E-state index is 0.165. The predicted octanol–water partition coefficient (Wildman–Crippen LogP) is 5.04. The van der Waals surface area contributed by atoms with Gasteiger partial charge in [0.1, 0.15) is 5.82 Å². The van der Waals surface area contributed by atoms with E-state index in [0.717, 1.165) is 49.1 Å². The molecule has 0 bridgehead atoms. The molecule has 1 saturated heterocycles. The number of carbonyl (C=O) groups is 1. The van der Waals surface area contributed by atoms with E-state index in [1.54, 1.807) is 18.6 Å². The van der Waals surface area contributed by atoms with Crippen molar-refractivity contribution in [2.24, 2.45) is 0 Å². The summed E-state index contributed by atoms with van der Waals surface area (Å²) in [5.41, 5.74) is 1.64. The second-order valence-corrected chi connectivity index (χ2v) is 7.97. The van der Waals surface area contributed by atoms with Crippen molar-refractivity contribution < 1.29 is 9.53 Å². The normalized spacial score (nSPS) is 16.5. The van der Waals surface area contributed by atoms with E-state index in [1.165, 1.54) is 7.11 Å². The molecule has 0 saturated carbocycles. The summed E-state index contributed by atoms with van der Waals surface area (Å²) in [5, 5.41) is 1.85. The van der Waals surface area contributed by atoms with Crippen molar-refractivity contribution in [1.29, 1.82) is 0 Å². The number of hydrogen-bond acceptors (Lipinski definition) is 5. The Labute approximate surface area is 179 Å². The first-order valence-electron chi connectivity index (χ1n) is 9.69. The van der Waals surface area contributed by atoms with Crippen LogP contribution < -0.4 is 4.90 Å². The van der Waals surface area contributed by atoms with E-state index in [4.69, 9.17) is 32.9 Å². The van der Waals surface area contributed by atoms with E-state index in [-0.39, 0.29) is 5.97 Å². The van der Waals surface area contributed by atoms with Crippen LogP contribution in [0.25, 0.3) is 16.6 Å². The lowest BCUT2D eigenvalue weighted by atomic mass is 10.1. The maximum Gasteiger partial charge on any atom is 0.305 e. The number of benzene rings is 1. The summed E-state index contributed by atoms with van der Waals surface area (Å²) in [7, 11) is 1.43. The molecule has 8 heteroatoms. The molecular weight excluding hydrogens is 411 g/mol. The van der Waals surface area contributed by atoms with Crippen LogP contribution in [-0.4, -0.2) is 40.2 Å². The van der Waals surface area contributed by atoms with Crippen LogP contribution in [0.4, 0.5) is 5.82 Å². The van der Waals surface area contributed by atoms with Crippen LogP contribution in [0.15, 0.2) is 36.9 Å². The molecule has 29 heavy (non-hydrogen) atoms. The number of methoxy groups -OCH3 is 1. The predicted molar refractivity (Wildman–Crippen MR) is 115 cm³/mol. The molecule has 152 valence electrons. The summed E-state index contributed by atoms with van der Waals surface area (Å²) in [6, 6.07) is 6.14. The number of esters is 1. The molecule has 0 unspecified atom stereocenters. The monoisotopic (exact) mass is 432 g/mol. The van der Waals surface area contributed by atoms with Gasteiger partial charge in [-0.05, 0) is 37.8 Å². The number of rotatable bonds is 6. The summed E-state index contributed by atoms with van der Waals surface area (Å²) in [5.74, 6) is 0.702. The van der Waals surface area contributed by atoms with Crippen molar-refractivity contribution in [2.75, 3.05) is 18.6 Å². The number of pyridine rings is 1. The van der Waals surface area contributed by atoms with Crippen LogP contribution in [0, 0.1) is 0 Å². The van der Waals surface area contributed by atoms with Crippen molar-refractivity contribution in [2.45, 2.75) is 38.1 Å². The summed E-state index contributed by atoms with van der Waals surface area (Å²) in [4.78, 5) is 22.8. The molecule has 3 heterocycles. The van der Waals surface area contributed by atoms with E-state index >= 15 is 0 Å². The Hall–Kier alpha value is -2.31. The maximum absolute atomic E-state index is 11.4. The zero-order chi connectivity index (χ0) is 20.4. The fraction of sp³-hybridized carbons (Fsp3) is 0.381. The minimum atomic E-state index is -0.165. The topological polar surface area (TPSA) is 60.2 Å². The van der Waals surface area contributed by atoms with Crippen molar-refractivity contribution in [3.63, 3.8) is 0 Å². The standard InChI is InChI=1S/C21H22Cl2N4O2/c1-29-19(28)6-2-4-14-5-3-10-27(14)18-12-17(26-11-9-24-13-26)15-7-8-16(22)20(23)21(15)25-18/h7-9,11-14H,2-6,10H2,1H3/t14-/m1/s1. The van der Waals surface area contributed by atoms with Gasteiger partial charge in [-0.15, -0.1) is 0 Å². The number of imidazole rings is 1. The Morgan fingerprint density at radius 3 is 2.97 bits per heavy atom. The highest BCUT2D eigenvalue weighted by molar-refractivity contribution is 6.45. The molecule has 4 rings (SSSR count). The minimum Gasteiger partial charge on any atom is -0.469 e. The van der Waals surface area contributed by atoms with Crippen LogP contribution in [-0.2, 0) is 9.53 Å². The van der Waals surface area contributed by atoms with E-state index in [0.29, 0.717) is 28.0 Å². The lowest BCUT2D eigenvalue weighted by Gasteiger charge is -2.27. The van der Waals surface area contributed by atoms with Gasteiger partial charge in [0.05, 0.1) is 34.7 Å². The van der Waals surface area contributed by atoms with E-state index in [2.05, 4.69) is 16.0 Å². The molecule has 0 aliphatic carbocycles. The largest absolute Gasteiger partial charge is 0.469 e. The maximum atomic E-state index is 11.4. The molecule has 1 fully saturated rings. The van der Waals surface area contributed by atoms with Crippen LogP contribution in [0.2, 0.25) is 10.0 Å². The molecule has 1 atom stereocenters. The van der Waals surface area contributed by atoms with Gasteiger partial charge in [0.25, 0.3) is 0 Å². The Morgan fingerprint density at radius 2 is 2.21 bits per heavy atom. The summed E-state index contributed by atoms with van der Waals surface area (Å²) >= 11 is 12.8. The lowest BCUT2D eigenvalue weighted by Crippen LogP contribution is -2.30. The number of fused-ring (bicyclic) bond motifs is 1. The third-order valence-electron chi connectivity index (χ3n) is 5.44. The first kappa shape index (κ1) is 20.0. The molecule has 6 nitrogen and oxygen atoms in total. The number of hydrogen-bond donors (Lipinski definition) is 0. The van der Waals surface area contributed by atoms with Gasteiger partial charge in [-0.2, -0.15) is 0 Å². The van der Waals surface area contributed by atoms with Crippen molar-refractivity contribution in [3.05, 3.63) is 47.0 Å². The van der Waals surface area contributed by atoms with Crippen LogP contribution in [0.3, 0.4) is 0 Å². The number of nitrogens with zero attached hydrogens (tertiary/aromatic N) is 4. The van der Waals surface area contributed by atoms with Gasteiger partial charge < -0.3 is 14.2 Å². The molecule has 0 spiro atoms. The smallest absolute Gasteiger partial charge is 0.305 e. The van der Waals surface area contributed by atoms with Gasteiger partial charge in [0.2, 0.25) is 0 Å². The van der Waals surface area contributed by atoms with E-state index < -0.39 is 0 Å². The van der Waals surface area contributed by atoms with Crippen molar-refractivity contribution in [1.82, 2.24) is 14.5 Å². The number of halogens is 2. The van der Waals surface area contributed by atoms with Gasteiger partial charge in [0, 0.05) is 42.9 Å². The van der Waals surface area contributed by atoms with Gasteiger partial charge in [-0.3, -0.25) is 4.79 Å². The van der Waals surface area contributed by atoms with Crippen molar-refractivity contribution >= 4 is 45.9 Å². The number of ether oxygens (including phenoxy) is 1. The average molecular weight is 433 g/mol. The highest BCUT2D eigenvalue weighted by Crippen LogP contribution is 2.36. The second kappa shape index (κ2) is 8.59. The summed E-state index contributed by atoms with van der Waals surface area (Å²) < 4.78 is 6.71.